The van der Waals surface area contributed by atoms with E-state index in [-0.39, 0.29) is 35.4 Å². The molecule has 0 spiro atoms. The number of halogens is 2. The fraction of sp³-hybridized carbons (Fsp3) is 0.400. The van der Waals surface area contributed by atoms with E-state index >= 15 is 0 Å². The Bertz CT molecular complexity index is 1820. The van der Waals surface area contributed by atoms with Gasteiger partial charge in [-0.3, -0.25) is 4.57 Å². The van der Waals surface area contributed by atoms with Crippen molar-refractivity contribution in [3.05, 3.63) is 83.4 Å². The quantitative estimate of drug-likeness (QED) is 0.152. The molecule has 15 nitrogen and oxygen atoms in total. The average molecular weight is 650 g/mol. The van der Waals surface area contributed by atoms with Crippen LogP contribution in [0.5, 0.6) is 0 Å². The summed E-state index contributed by atoms with van der Waals surface area (Å²) in [5, 5.41) is 49.4. The molecule has 0 radical (unpaired) electrons. The van der Waals surface area contributed by atoms with Gasteiger partial charge in [-0.25, -0.2) is 13.8 Å². The number of hydrogen-bond acceptors (Lipinski definition) is 13. The highest BCUT2D eigenvalue weighted by Crippen LogP contribution is 2.39. The zero-order chi connectivity index (χ0) is 32.9. The number of nitrogens with one attached hydrogen (secondary N) is 1. The molecular weight excluding hydrogens is 616 g/mol. The summed E-state index contributed by atoms with van der Waals surface area (Å²) < 4.78 is 35.3. The molecule has 6 N–H and O–H groups in total. The van der Waals surface area contributed by atoms with Crippen LogP contribution in [0, 0.1) is 11.6 Å². The maximum atomic E-state index is 13.9. The second-order valence-electron chi connectivity index (χ2n) is 11.7. The molecule has 7 rings (SSSR count). The molecule has 0 aliphatic carbocycles. The van der Waals surface area contributed by atoms with Crippen LogP contribution in [0.15, 0.2) is 54.9 Å². The van der Waals surface area contributed by atoms with Crippen LogP contribution < -0.4 is 16.0 Å². The SMILES string of the molecule is CCn1nnc([C@H]2O[C@@H](n3cnc4c(NCC(O)(c5ccc(F)cc5)c5ccc(F)cc5)nc(N5CCC(N)C5)nc43)[C@H](O)[C@@H]2O)n1. The number of aryl methyl sites for hydroxylation is 1. The minimum atomic E-state index is -1.75. The summed E-state index contributed by atoms with van der Waals surface area (Å²) in [5.74, 6) is -0.277. The Balaban J connectivity index is 1.27. The van der Waals surface area contributed by atoms with Crippen molar-refractivity contribution in [1.82, 2.24) is 39.7 Å². The number of benzene rings is 2. The van der Waals surface area contributed by atoms with E-state index in [0.29, 0.717) is 36.7 Å². The lowest BCUT2D eigenvalue weighted by Gasteiger charge is -2.30. The van der Waals surface area contributed by atoms with Crippen molar-refractivity contribution in [2.45, 2.75) is 56.1 Å². The fourth-order valence-corrected chi connectivity index (χ4v) is 5.96. The van der Waals surface area contributed by atoms with Crippen molar-refractivity contribution in [3.63, 3.8) is 0 Å². The lowest BCUT2D eigenvalue weighted by atomic mass is 9.86. The number of nitrogens with two attached hydrogens (primary N) is 1. The highest BCUT2D eigenvalue weighted by atomic mass is 19.1. The summed E-state index contributed by atoms with van der Waals surface area (Å²) in [6.07, 6.45) is -2.82. The Labute approximate surface area is 266 Å². The molecule has 3 aromatic heterocycles. The van der Waals surface area contributed by atoms with Crippen molar-refractivity contribution < 1.29 is 28.8 Å². The summed E-state index contributed by atoms with van der Waals surface area (Å²) >= 11 is 0. The van der Waals surface area contributed by atoms with Gasteiger partial charge in [0.25, 0.3) is 0 Å². The third kappa shape index (κ3) is 5.65. The van der Waals surface area contributed by atoms with Gasteiger partial charge in [0.05, 0.1) is 19.4 Å². The molecule has 0 bridgehead atoms. The van der Waals surface area contributed by atoms with Crippen LogP contribution in [0.4, 0.5) is 20.5 Å². The van der Waals surface area contributed by atoms with Gasteiger partial charge in [0, 0.05) is 19.1 Å². The molecule has 1 unspecified atom stereocenters. The van der Waals surface area contributed by atoms with Crippen LogP contribution in [0.2, 0.25) is 0 Å². The van der Waals surface area contributed by atoms with E-state index in [2.05, 4.69) is 25.7 Å². The van der Waals surface area contributed by atoms with E-state index in [0.717, 1.165) is 6.42 Å². The molecule has 0 saturated carbocycles. The first-order valence-electron chi connectivity index (χ1n) is 15.2. The van der Waals surface area contributed by atoms with Gasteiger partial charge in [0.2, 0.25) is 11.8 Å². The highest BCUT2D eigenvalue weighted by Gasteiger charge is 2.47. The van der Waals surface area contributed by atoms with Gasteiger partial charge in [-0.2, -0.15) is 14.8 Å². The van der Waals surface area contributed by atoms with E-state index in [9.17, 15) is 24.1 Å². The topological polar surface area (TPSA) is 198 Å². The highest BCUT2D eigenvalue weighted by molar-refractivity contribution is 5.84. The molecule has 5 heterocycles. The lowest BCUT2D eigenvalue weighted by molar-refractivity contribution is -0.0384. The Hall–Kier alpha value is -4.68. The van der Waals surface area contributed by atoms with Gasteiger partial charge in [0.15, 0.2) is 29.3 Å². The normalized spacial score (nSPS) is 23.2. The number of rotatable bonds is 9. The Kier molecular flexibility index (Phi) is 8.01. The summed E-state index contributed by atoms with van der Waals surface area (Å²) in [6, 6.07) is 10.7. The lowest BCUT2D eigenvalue weighted by Crippen LogP contribution is -2.36. The number of anilines is 2. The van der Waals surface area contributed by atoms with Crippen molar-refractivity contribution in [3.8, 4) is 0 Å². The monoisotopic (exact) mass is 649 g/mol. The standard InChI is InChI=1S/C30H33F2N11O4/c1-2-43-39-26(38-40-43)24-22(44)23(45)28(47-24)42-15-35-21-25(36-29(37-27(21)42)41-12-11-20(33)13-41)34-14-30(46,16-3-7-18(31)8-4-16)17-5-9-19(32)10-6-17/h3-10,15,20,22-24,28,44-46H,2,11-14,33H2,1H3,(H,34,36,37)/t20?,22-,23+,24-,28+/m0/s1. The maximum Gasteiger partial charge on any atom is 0.229 e. The molecule has 17 heteroatoms. The zero-order valence-corrected chi connectivity index (χ0v) is 25.2. The summed E-state index contributed by atoms with van der Waals surface area (Å²) in [4.78, 5) is 17.3. The minimum absolute atomic E-state index is 0.0856. The number of nitrogens with zero attached hydrogens (tertiary/aromatic N) is 9. The molecule has 5 atom stereocenters. The first-order chi connectivity index (χ1) is 22.6. The van der Waals surface area contributed by atoms with Crippen LogP contribution in [0.3, 0.4) is 0 Å². The van der Waals surface area contributed by atoms with Crippen LogP contribution in [-0.2, 0) is 16.9 Å². The van der Waals surface area contributed by atoms with Gasteiger partial charge in [-0.05, 0) is 54.0 Å². The van der Waals surface area contributed by atoms with Crippen LogP contribution in [-0.4, -0.2) is 92.9 Å². The molecule has 2 aromatic carbocycles. The summed E-state index contributed by atoms with van der Waals surface area (Å²) in [7, 11) is 0. The predicted molar refractivity (Wildman–Crippen MR) is 163 cm³/mol. The second kappa shape index (κ2) is 12.2. The molecule has 5 aromatic rings. The number of tetrazole rings is 1. The van der Waals surface area contributed by atoms with Crippen LogP contribution in [0.1, 0.15) is 42.6 Å². The van der Waals surface area contributed by atoms with E-state index in [1.54, 1.807) is 0 Å². The number of aliphatic hydroxyl groups is 3. The van der Waals surface area contributed by atoms with E-state index < -0.39 is 41.8 Å². The van der Waals surface area contributed by atoms with Gasteiger partial charge < -0.3 is 36.0 Å². The third-order valence-corrected chi connectivity index (χ3v) is 8.59. The van der Waals surface area contributed by atoms with Crippen LogP contribution >= 0.6 is 0 Å². The van der Waals surface area contributed by atoms with Crippen molar-refractivity contribution >= 4 is 22.9 Å². The predicted octanol–water partition coefficient (Wildman–Crippen LogP) is 0.988. The summed E-state index contributed by atoms with van der Waals surface area (Å²) in [5.41, 5.74) is 5.70. The molecule has 47 heavy (non-hydrogen) atoms. The second-order valence-corrected chi connectivity index (χ2v) is 11.7. The Morgan fingerprint density at radius 3 is 2.30 bits per heavy atom. The van der Waals surface area contributed by atoms with Gasteiger partial charge >= 0.3 is 0 Å². The number of aromatic nitrogens is 8. The van der Waals surface area contributed by atoms with Crippen molar-refractivity contribution in [1.29, 1.82) is 0 Å². The smallest absolute Gasteiger partial charge is 0.229 e. The molecule has 0 amide bonds. The minimum Gasteiger partial charge on any atom is -0.387 e. The summed E-state index contributed by atoms with van der Waals surface area (Å²) in [6.45, 7) is 3.21. The number of ether oxygens (including phenoxy) is 1. The largest absolute Gasteiger partial charge is 0.387 e. The van der Waals surface area contributed by atoms with Crippen LogP contribution in [0.25, 0.3) is 11.2 Å². The Morgan fingerprint density at radius 1 is 1.02 bits per heavy atom. The van der Waals surface area contributed by atoms with Crippen molar-refractivity contribution in [2.75, 3.05) is 29.9 Å². The van der Waals surface area contributed by atoms with Gasteiger partial charge in [-0.1, -0.05) is 24.3 Å². The first kappa shape index (κ1) is 30.9. The Morgan fingerprint density at radius 2 is 1.70 bits per heavy atom. The zero-order valence-electron chi connectivity index (χ0n) is 25.2. The molecule has 246 valence electrons. The number of aliphatic hydroxyl groups excluding tert-OH is 2. The molecule has 2 fully saturated rings. The van der Waals surface area contributed by atoms with Crippen molar-refractivity contribution in [2.24, 2.45) is 5.73 Å². The first-order valence-corrected chi connectivity index (χ1v) is 15.2. The third-order valence-electron chi connectivity index (χ3n) is 8.59. The van der Waals surface area contributed by atoms with Gasteiger partial charge in [-0.15, -0.1) is 10.2 Å². The fourth-order valence-electron chi connectivity index (χ4n) is 5.96. The maximum absolute atomic E-state index is 13.9. The van der Waals surface area contributed by atoms with E-state index in [1.807, 2.05) is 11.8 Å². The molecule has 2 aliphatic rings. The number of hydrogen-bond donors (Lipinski definition) is 5. The molecule has 2 aliphatic heterocycles. The molecule has 2 saturated heterocycles. The number of fused-ring (bicyclic) bond motifs is 1. The molecular formula is C30H33F2N11O4. The number of imidazole rings is 1. The van der Waals surface area contributed by atoms with Gasteiger partial charge in [0.1, 0.15) is 29.4 Å². The average Bonchev–Trinajstić information content (AvgIpc) is 3.88. The van der Waals surface area contributed by atoms with E-state index in [1.165, 1.54) is 64.2 Å². The van der Waals surface area contributed by atoms with E-state index in [4.69, 9.17) is 20.4 Å².